The van der Waals surface area contributed by atoms with Crippen LogP contribution < -0.4 is 25.0 Å². The Hall–Kier alpha value is -3.37. The standard InChI is InChI=1S/C22H24N6O3S/c1-31-20-12-24-22(25-15-6-5-9-19(10-15)32(23,29)30)26-21(20)28-14-17-11-18(28)13-27(17)16-7-3-2-4-8-16/h2-10,12,17-18H,11,13-14H2,1H3,(H2,23,29,30)(H,24,25,26)/t17-,18-/m1/s1. The van der Waals surface area contributed by atoms with E-state index in [1.165, 1.54) is 17.8 Å². The Morgan fingerprint density at radius 3 is 2.50 bits per heavy atom. The number of benzene rings is 2. The summed E-state index contributed by atoms with van der Waals surface area (Å²) >= 11 is 0. The van der Waals surface area contributed by atoms with Crippen molar-refractivity contribution in [2.45, 2.75) is 23.4 Å². The van der Waals surface area contributed by atoms with E-state index in [2.05, 4.69) is 44.4 Å². The number of hydrogen-bond acceptors (Lipinski definition) is 8. The van der Waals surface area contributed by atoms with Crippen LogP contribution in [0, 0.1) is 0 Å². The van der Waals surface area contributed by atoms with Crippen LogP contribution in [0.1, 0.15) is 6.42 Å². The lowest BCUT2D eigenvalue weighted by atomic mass is 10.2. The highest BCUT2D eigenvalue weighted by Crippen LogP contribution is 2.40. The van der Waals surface area contributed by atoms with Crippen LogP contribution >= 0.6 is 0 Å². The smallest absolute Gasteiger partial charge is 0.238 e. The van der Waals surface area contributed by atoms with Gasteiger partial charge in [0.1, 0.15) is 0 Å². The molecule has 166 valence electrons. The van der Waals surface area contributed by atoms with E-state index in [0.29, 0.717) is 29.5 Å². The molecule has 5 rings (SSSR count). The van der Waals surface area contributed by atoms with Crippen molar-refractivity contribution in [3.05, 3.63) is 60.8 Å². The van der Waals surface area contributed by atoms with Crippen LogP contribution in [0.2, 0.25) is 0 Å². The van der Waals surface area contributed by atoms with Crippen LogP contribution in [0.3, 0.4) is 0 Å². The van der Waals surface area contributed by atoms with Crippen LogP contribution in [0.25, 0.3) is 0 Å². The van der Waals surface area contributed by atoms with Crippen molar-refractivity contribution in [2.75, 3.05) is 35.3 Å². The second kappa shape index (κ2) is 7.95. The summed E-state index contributed by atoms with van der Waals surface area (Å²) in [5.41, 5.74) is 1.78. The number of primary sulfonamides is 1. The number of rotatable bonds is 6. The molecule has 2 atom stereocenters. The summed E-state index contributed by atoms with van der Waals surface area (Å²) in [6.45, 7) is 1.76. The first-order valence-corrected chi connectivity index (χ1v) is 11.9. The molecule has 1 aromatic heterocycles. The average Bonchev–Trinajstić information content (AvgIpc) is 3.40. The molecule has 32 heavy (non-hydrogen) atoms. The van der Waals surface area contributed by atoms with E-state index < -0.39 is 10.0 Å². The third-order valence-electron chi connectivity index (χ3n) is 5.98. The summed E-state index contributed by atoms with van der Waals surface area (Å²) in [6.07, 6.45) is 2.69. The van der Waals surface area contributed by atoms with Gasteiger partial charge < -0.3 is 19.9 Å². The van der Waals surface area contributed by atoms with E-state index in [4.69, 9.17) is 14.9 Å². The Labute approximate surface area is 186 Å². The quantitative estimate of drug-likeness (QED) is 0.586. The first kappa shape index (κ1) is 20.5. The second-order valence-electron chi connectivity index (χ2n) is 7.97. The van der Waals surface area contributed by atoms with Gasteiger partial charge in [0.05, 0.1) is 24.2 Å². The first-order valence-electron chi connectivity index (χ1n) is 10.3. The molecule has 0 radical (unpaired) electrons. The first-order chi connectivity index (χ1) is 15.4. The highest BCUT2D eigenvalue weighted by molar-refractivity contribution is 7.89. The number of para-hydroxylation sites is 1. The number of nitrogens with two attached hydrogens (primary N) is 1. The van der Waals surface area contributed by atoms with Gasteiger partial charge in [-0.25, -0.2) is 18.5 Å². The van der Waals surface area contributed by atoms with E-state index >= 15 is 0 Å². The average molecular weight is 453 g/mol. The van der Waals surface area contributed by atoms with Crippen molar-refractivity contribution in [3.63, 3.8) is 0 Å². The molecule has 0 spiro atoms. The molecule has 9 nitrogen and oxygen atoms in total. The van der Waals surface area contributed by atoms with Gasteiger partial charge >= 0.3 is 0 Å². The zero-order chi connectivity index (χ0) is 22.3. The predicted octanol–water partition coefficient (Wildman–Crippen LogP) is 2.34. The van der Waals surface area contributed by atoms with Crippen LogP contribution in [-0.2, 0) is 10.0 Å². The van der Waals surface area contributed by atoms with Crippen molar-refractivity contribution in [1.82, 2.24) is 9.97 Å². The maximum atomic E-state index is 11.6. The number of aromatic nitrogens is 2. The van der Waals surface area contributed by atoms with Crippen LogP contribution in [0.15, 0.2) is 65.7 Å². The Morgan fingerprint density at radius 1 is 1.06 bits per heavy atom. The largest absolute Gasteiger partial charge is 0.491 e. The lowest BCUT2D eigenvalue weighted by molar-refractivity contribution is 0.409. The number of sulfonamides is 1. The SMILES string of the molecule is COc1cnc(Nc2cccc(S(N)(=O)=O)c2)nc1N1C[C@H]2C[C@@H]1CN2c1ccccc1. The van der Waals surface area contributed by atoms with E-state index in [1.54, 1.807) is 25.4 Å². The topological polar surface area (TPSA) is 114 Å². The van der Waals surface area contributed by atoms with Crippen molar-refractivity contribution < 1.29 is 13.2 Å². The maximum absolute atomic E-state index is 11.6. The van der Waals surface area contributed by atoms with Gasteiger partial charge in [-0.15, -0.1) is 0 Å². The number of nitrogens with one attached hydrogen (secondary N) is 1. The number of ether oxygens (including phenoxy) is 1. The third kappa shape index (κ3) is 3.82. The fraction of sp³-hybridized carbons (Fsp3) is 0.273. The van der Waals surface area contributed by atoms with Gasteiger partial charge in [-0.2, -0.15) is 4.98 Å². The Balaban J connectivity index is 1.39. The zero-order valence-electron chi connectivity index (χ0n) is 17.5. The van der Waals surface area contributed by atoms with Crippen molar-refractivity contribution in [3.8, 4) is 5.75 Å². The van der Waals surface area contributed by atoms with Gasteiger partial charge in [-0.1, -0.05) is 24.3 Å². The van der Waals surface area contributed by atoms with Gasteiger partial charge in [0, 0.05) is 30.5 Å². The minimum atomic E-state index is -3.80. The van der Waals surface area contributed by atoms with E-state index in [1.807, 2.05) is 6.07 Å². The number of fused-ring (bicyclic) bond motifs is 2. The predicted molar refractivity (Wildman–Crippen MR) is 123 cm³/mol. The molecule has 2 bridgehead atoms. The summed E-state index contributed by atoms with van der Waals surface area (Å²) in [4.78, 5) is 13.8. The summed E-state index contributed by atoms with van der Waals surface area (Å²) in [6, 6.07) is 17.4. The Morgan fingerprint density at radius 2 is 1.81 bits per heavy atom. The summed E-state index contributed by atoms with van der Waals surface area (Å²) in [7, 11) is -2.19. The molecule has 0 unspecified atom stereocenters. The fourth-order valence-electron chi connectivity index (χ4n) is 4.51. The number of methoxy groups -OCH3 is 1. The molecular weight excluding hydrogens is 428 g/mol. The van der Waals surface area contributed by atoms with Gasteiger partial charge in [0.15, 0.2) is 11.6 Å². The molecule has 0 amide bonds. The normalized spacial score (nSPS) is 19.9. The molecule has 10 heteroatoms. The van der Waals surface area contributed by atoms with Crippen molar-refractivity contribution in [1.29, 1.82) is 0 Å². The lowest BCUT2D eigenvalue weighted by Crippen LogP contribution is -2.47. The molecule has 3 N–H and O–H groups in total. The Kier molecular flexibility index (Phi) is 5.10. The minimum absolute atomic E-state index is 0.0223. The van der Waals surface area contributed by atoms with E-state index in [9.17, 15) is 8.42 Å². The minimum Gasteiger partial charge on any atom is -0.491 e. The van der Waals surface area contributed by atoms with Crippen LogP contribution in [0.4, 0.5) is 23.1 Å². The lowest BCUT2D eigenvalue weighted by Gasteiger charge is -2.36. The van der Waals surface area contributed by atoms with E-state index in [0.717, 1.165) is 25.3 Å². The molecule has 2 aromatic carbocycles. The molecule has 3 heterocycles. The highest BCUT2D eigenvalue weighted by Gasteiger charge is 2.44. The summed E-state index contributed by atoms with van der Waals surface area (Å²) in [5.74, 6) is 1.69. The number of anilines is 4. The summed E-state index contributed by atoms with van der Waals surface area (Å²) < 4.78 is 28.8. The fourth-order valence-corrected chi connectivity index (χ4v) is 5.07. The van der Waals surface area contributed by atoms with Gasteiger partial charge in [0.25, 0.3) is 0 Å². The molecule has 3 aromatic rings. The monoisotopic (exact) mass is 452 g/mol. The molecule has 2 saturated heterocycles. The molecular formula is C22H24N6O3S. The molecule has 0 aliphatic carbocycles. The van der Waals surface area contributed by atoms with Gasteiger partial charge in [-0.3, -0.25) is 0 Å². The van der Waals surface area contributed by atoms with Gasteiger partial charge in [-0.05, 0) is 36.8 Å². The maximum Gasteiger partial charge on any atom is 0.238 e. The third-order valence-corrected chi connectivity index (χ3v) is 6.89. The number of nitrogens with zero attached hydrogens (tertiary/aromatic N) is 4. The molecule has 2 fully saturated rings. The summed E-state index contributed by atoms with van der Waals surface area (Å²) in [5, 5.41) is 8.31. The van der Waals surface area contributed by atoms with Gasteiger partial charge in [0.2, 0.25) is 16.0 Å². The van der Waals surface area contributed by atoms with Crippen molar-refractivity contribution in [2.24, 2.45) is 5.14 Å². The van der Waals surface area contributed by atoms with E-state index in [-0.39, 0.29) is 4.90 Å². The van der Waals surface area contributed by atoms with Crippen LogP contribution in [-0.4, -0.2) is 50.7 Å². The molecule has 2 aliphatic rings. The zero-order valence-corrected chi connectivity index (χ0v) is 18.4. The molecule has 2 aliphatic heterocycles. The number of piperazine rings is 1. The molecule has 0 saturated carbocycles. The number of hydrogen-bond donors (Lipinski definition) is 2. The van der Waals surface area contributed by atoms with Crippen LogP contribution in [0.5, 0.6) is 5.75 Å². The second-order valence-corrected chi connectivity index (χ2v) is 9.53. The van der Waals surface area contributed by atoms with Crippen molar-refractivity contribution >= 4 is 33.2 Å². The highest BCUT2D eigenvalue weighted by atomic mass is 32.2. The Bertz CT molecular complexity index is 1240.